The number of likely N-dealkylation sites (tertiary alicyclic amines) is 1. The third kappa shape index (κ3) is 5.64. The number of carbonyl (C=O) groups excluding carboxylic acids is 1. The van der Waals surface area contributed by atoms with Gasteiger partial charge in [0.05, 0.1) is 0 Å². The van der Waals surface area contributed by atoms with Gasteiger partial charge >= 0.3 is 0 Å². The van der Waals surface area contributed by atoms with E-state index in [4.69, 9.17) is 0 Å². The minimum atomic E-state index is 0.226. The molecular weight excluding hydrogens is 386 g/mol. The molecule has 2 aliphatic heterocycles. The number of hydrogen-bond donors (Lipinski definition) is 2. The third-order valence-corrected chi connectivity index (χ3v) is 6.24. The van der Waals surface area contributed by atoms with Crippen molar-refractivity contribution >= 4 is 17.6 Å². The van der Waals surface area contributed by atoms with Crippen molar-refractivity contribution in [3.63, 3.8) is 0 Å². The predicted octanol–water partition coefficient (Wildman–Crippen LogP) is 3.14. The maximum Gasteiger partial charge on any atom is 0.227 e. The molecule has 31 heavy (non-hydrogen) atoms. The molecule has 0 spiro atoms. The largest absolute Gasteiger partial charge is 0.355 e. The van der Waals surface area contributed by atoms with Crippen molar-refractivity contribution in [2.75, 3.05) is 31.6 Å². The van der Waals surface area contributed by atoms with Crippen molar-refractivity contribution in [1.82, 2.24) is 15.5 Å². The van der Waals surface area contributed by atoms with Gasteiger partial charge in [0.25, 0.3) is 0 Å². The molecule has 0 aromatic heterocycles. The van der Waals surface area contributed by atoms with Gasteiger partial charge in [-0.1, -0.05) is 42.5 Å². The van der Waals surface area contributed by atoms with Crippen LogP contribution in [0, 0.1) is 0 Å². The van der Waals surface area contributed by atoms with Crippen LogP contribution in [-0.2, 0) is 17.9 Å². The molecule has 0 radical (unpaired) electrons. The molecule has 1 unspecified atom stereocenters. The van der Waals surface area contributed by atoms with E-state index in [1.54, 1.807) is 0 Å². The molecule has 6 nitrogen and oxygen atoms in total. The zero-order valence-corrected chi connectivity index (χ0v) is 18.4. The SMILES string of the molecule is CN=C(NCc1ccc(N2CCCC2=O)cc1)NCC1CCCN1Cc1ccccc1. The van der Waals surface area contributed by atoms with Crippen LogP contribution in [0.15, 0.2) is 59.6 Å². The van der Waals surface area contributed by atoms with Crippen LogP contribution in [0.5, 0.6) is 0 Å². The fraction of sp³-hybridized carbons (Fsp3) is 0.440. The van der Waals surface area contributed by atoms with Crippen LogP contribution in [0.3, 0.4) is 0 Å². The highest BCUT2D eigenvalue weighted by atomic mass is 16.2. The van der Waals surface area contributed by atoms with Crippen LogP contribution in [0.25, 0.3) is 0 Å². The van der Waals surface area contributed by atoms with Crippen LogP contribution in [0.1, 0.15) is 36.8 Å². The molecule has 2 aromatic rings. The number of carbonyl (C=O) groups is 1. The monoisotopic (exact) mass is 419 g/mol. The van der Waals surface area contributed by atoms with Gasteiger partial charge in [-0.05, 0) is 49.1 Å². The molecule has 1 amide bonds. The number of guanidine groups is 1. The summed E-state index contributed by atoms with van der Waals surface area (Å²) < 4.78 is 0. The van der Waals surface area contributed by atoms with Gasteiger partial charge in [0, 0.05) is 51.4 Å². The Kier molecular flexibility index (Phi) is 7.20. The molecule has 2 saturated heterocycles. The predicted molar refractivity (Wildman–Crippen MR) is 126 cm³/mol. The summed E-state index contributed by atoms with van der Waals surface area (Å²) in [7, 11) is 1.81. The van der Waals surface area contributed by atoms with Gasteiger partial charge < -0.3 is 15.5 Å². The smallest absolute Gasteiger partial charge is 0.227 e. The van der Waals surface area contributed by atoms with E-state index in [9.17, 15) is 4.79 Å². The first-order valence-electron chi connectivity index (χ1n) is 11.3. The Bertz CT molecular complexity index is 881. The van der Waals surface area contributed by atoms with Crippen LogP contribution < -0.4 is 15.5 Å². The van der Waals surface area contributed by atoms with Crippen LogP contribution in [0.4, 0.5) is 5.69 Å². The number of nitrogens with zero attached hydrogens (tertiary/aromatic N) is 3. The van der Waals surface area contributed by atoms with Gasteiger partial charge in [0.2, 0.25) is 5.91 Å². The summed E-state index contributed by atoms with van der Waals surface area (Å²) in [5, 5.41) is 6.92. The second-order valence-electron chi connectivity index (χ2n) is 8.37. The van der Waals surface area contributed by atoms with Gasteiger partial charge in [-0.3, -0.25) is 14.7 Å². The van der Waals surface area contributed by atoms with Crippen LogP contribution in [-0.4, -0.2) is 49.5 Å². The lowest BCUT2D eigenvalue weighted by molar-refractivity contribution is -0.117. The molecule has 0 aliphatic carbocycles. The molecule has 6 heteroatoms. The lowest BCUT2D eigenvalue weighted by Crippen LogP contribution is -2.44. The quantitative estimate of drug-likeness (QED) is 0.535. The highest BCUT2D eigenvalue weighted by Gasteiger charge is 2.24. The lowest BCUT2D eigenvalue weighted by Gasteiger charge is -2.25. The molecule has 4 rings (SSSR count). The molecule has 2 aliphatic rings. The standard InChI is InChI=1S/C25H33N5O/c1-26-25(27-17-20-11-13-22(14-12-20)30-16-6-10-24(30)31)28-18-23-9-5-15-29(23)19-21-7-3-2-4-8-21/h2-4,7-8,11-14,23H,5-6,9-10,15-19H2,1H3,(H2,26,27,28). The topological polar surface area (TPSA) is 60.0 Å². The summed E-state index contributed by atoms with van der Waals surface area (Å²) in [5.41, 5.74) is 3.54. The second-order valence-corrected chi connectivity index (χ2v) is 8.37. The zero-order valence-electron chi connectivity index (χ0n) is 18.4. The number of rotatable bonds is 7. The zero-order chi connectivity index (χ0) is 21.5. The van der Waals surface area contributed by atoms with Crippen molar-refractivity contribution in [1.29, 1.82) is 0 Å². The van der Waals surface area contributed by atoms with E-state index in [1.807, 2.05) is 24.1 Å². The number of anilines is 1. The summed E-state index contributed by atoms with van der Waals surface area (Å²) in [6.45, 7) is 4.58. The van der Waals surface area contributed by atoms with Gasteiger partial charge in [-0.15, -0.1) is 0 Å². The van der Waals surface area contributed by atoms with Crippen molar-refractivity contribution in [3.8, 4) is 0 Å². The first-order valence-corrected chi connectivity index (χ1v) is 11.3. The van der Waals surface area contributed by atoms with Gasteiger partial charge in [-0.2, -0.15) is 0 Å². The Morgan fingerprint density at radius 2 is 1.81 bits per heavy atom. The Morgan fingerprint density at radius 1 is 1.00 bits per heavy atom. The molecule has 2 fully saturated rings. The number of benzene rings is 2. The molecule has 1 atom stereocenters. The van der Waals surface area contributed by atoms with E-state index in [0.29, 0.717) is 19.0 Å². The number of aliphatic imine (C=N–C) groups is 1. The first kappa shape index (κ1) is 21.4. The number of nitrogens with one attached hydrogen (secondary N) is 2. The van der Waals surface area contributed by atoms with E-state index in [2.05, 4.69) is 63.0 Å². The average Bonchev–Trinajstić information content (AvgIpc) is 3.43. The summed E-state index contributed by atoms with van der Waals surface area (Å²) in [6.07, 6.45) is 4.08. The maximum atomic E-state index is 11.9. The lowest BCUT2D eigenvalue weighted by atomic mass is 10.2. The van der Waals surface area contributed by atoms with Crippen molar-refractivity contribution in [2.45, 2.75) is 44.8 Å². The summed E-state index contributed by atoms with van der Waals surface area (Å²) in [4.78, 5) is 20.7. The molecule has 2 aromatic carbocycles. The van der Waals surface area contributed by atoms with Crippen LogP contribution in [0.2, 0.25) is 0 Å². The highest BCUT2D eigenvalue weighted by Crippen LogP contribution is 2.22. The summed E-state index contributed by atoms with van der Waals surface area (Å²) in [5.74, 6) is 1.05. The Labute approximate surface area is 185 Å². The van der Waals surface area contributed by atoms with Crippen LogP contribution >= 0.6 is 0 Å². The average molecular weight is 420 g/mol. The van der Waals surface area contributed by atoms with E-state index in [0.717, 1.165) is 44.2 Å². The van der Waals surface area contributed by atoms with E-state index in [1.165, 1.54) is 24.0 Å². The second kappa shape index (κ2) is 10.4. The fourth-order valence-corrected chi connectivity index (χ4v) is 4.49. The first-order chi connectivity index (χ1) is 15.2. The highest BCUT2D eigenvalue weighted by molar-refractivity contribution is 5.95. The minimum Gasteiger partial charge on any atom is -0.355 e. The minimum absolute atomic E-state index is 0.226. The molecule has 0 bridgehead atoms. The van der Waals surface area contributed by atoms with Gasteiger partial charge in [-0.25, -0.2) is 0 Å². The Morgan fingerprint density at radius 3 is 2.52 bits per heavy atom. The van der Waals surface area contributed by atoms with Crippen molar-refractivity contribution < 1.29 is 4.79 Å². The number of amides is 1. The van der Waals surface area contributed by atoms with Gasteiger partial charge in [0.1, 0.15) is 0 Å². The molecule has 2 N–H and O–H groups in total. The van der Waals surface area contributed by atoms with Crippen molar-refractivity contribution in [3.05, 3.63) is 65.7 Å². The van der Waals surface area contributed by atoms with E-state index < -0.39 is 0 Å². The normalized spacial score (nSPS) is 19.8. The molecular formula is C25H33N5O. The third-order valence-electron chi connectivity index (χ3n) is 6.24. The molecule has 2 heterocycles. The summed E-state index contributed by atoms with van der Waals surface area (Å²) >= 11 is 0. The summed E-state index contributed by atoms with van der Waals surface area (Å²) in [6, 6.07) is 19.5. The Hall–Kier alpha value is -2.86. The van der Waals surface area contributed by atoms with Crippen molar-refractivity contribution in [2.24, 2.45) is 4.99 Å². The van der Waals surface area contributed by atoms with Gasteiger partial charge in [0.15, 0.2) is 5.96 Å². The fourth-order valence-electron chi connectivity index (χ4n) is 4.49. The maximum absolute atomic E-state index is 11.9. The number of hydrogen-bond acceptors (Lipinski definition) is 3. The molecule has 164 valence electrons. The van der Waals surface area contributed by atoms with E-state index >= 15 is 0 Å². The Balaban J connectivity index is 1.24. The molecule has 0 saturated carbocycles. The van der Waals surface area contributed by atoms with E-state index in [-0.39, 0.29) is 5.91 Å².